The molecular weight excluding hydrogens is 366 g/mol. The van der Waals surface area contributed by atoms with Crippen molar-refractivity contribution < 1.29 is 14.3 Å². The molecule has 3 aromatic rings. The first-order chi connectivity index (χ1) is 12.8. The van der Waals surface area contributed by atoms with Crippen LogP contribution in [0, 0.1) is 20.8 Å². The second kappa shape index (κ2) is 7.32. The number of nitrogens with zero attached hydrogens (tertiary/aromatic N) is 2. The van der Waals surface area contributed by atoms with E-state index in [-0.39, 0.29) is 18.0 Å². The van der Waals surface area contributed by atoms with Crippen molar-refractivity contribution in [2.45, 2.75) is 27.3 Å². The highest BCUT2D eigenvalue weighted by atomic mass is 32.1. The summed E-state index contributed by atoms with van der Waals surface area (Å²) < 4.78 is 5.97. The summed E-state index contributed by atoms with van der Waals surface area (Å²) in [5, 5.41) is 3.12. The molecule has 140 valence electrons. The van der Waals surface area contributed by atoms with Crippen LogP contribution in [0.1, 0.15) is 26.4 Å². The first kappa shape index (κ1) is 18.8. The minimum absolute atomic E-state index is 0.169. The van der Waals surface area contributed by atoms with Crippen LogP contribution in [0.5, 0.6) is 0 Å². The van der Waals surface area contributed by atoms with Crippen LogP contribution in [0.15, 0.2) is 29.3 Å². The van der Waals surface area contributed by atoms with E-state index in [1.165, 1.54) is 18.0 Å². The predicted octanol–water partition coefficient (Wildman–Crippen LogP) is 2.81. The highest BCUT2D eigenvalue weighted by Crippen LogP contribution is 2.27. The number of thiophene rings is 1. The number of aryl methyl sites for hydroxylation is 3. The summed E-state index contributed by atoms with van der Waals surface area (Å²) in [6.45, 7) is 5.46. The summed E-state index contributed by atoms with van der Waals surface area (Å²) in [4.78, 5) is 41.9. The lowest BCUT2D eigenvalue weighted by atomic mass is 10.1. The second-order valence-electron chi connectivity index (χ2n) is 6.25. The van der Waals surface area contributed by atoms with Crippen molar-refractivity contribution in [3.05, 3.63) is 56.4 Å². The van der Waals surface area contributed by atoms with Gasteiger partial charge in [-0.25, -0.2) is 9.78 Å². The Hall–Kier alpha value is -3.00. The van der Waals surface area contributed by atoms with Crippen LogP contribution in [-0.4, -0.2) is 28.5 Å². The monoisotopic (exact) mass is 385 g/mol. The van der Waals surface area contributed by atoms with E-state index in [4.69, 9.17) is 4.74 Å². The van der Waals surface area contributed by atoms with Crippen LogP contribution in [0.25, 0.3) is 10.2 Å². The Morgan fingerprint density at radius 3 is 2.63 bits per heavy atom. The van der Waals surface area contributed by atoms with Crippen molar-refractivity contribution in [2.24, 2.45) is 0 Å². The van der Waals surface area contributed by atoms with Gasteiger partial charge in [0, 0.05) is 5.69 Å². The van der Waals surface area contributed by atoms with E-state index < -0.39 is 5.97 Å². The molecule has 0 aliphatic heterocycles. The fourth-order valence-electron chi connectivity index (χ4n) is 2.73. The molecule has 7 nitrogen and oxygen atoms in total. The van der Waals surface area contributed by atoms with Gasteiger partial charge in [-0.3, -0.25) is 14.2 Å². The van der Waals surface area contributed by atoms with E-state index in [0.717, 1.165) is 22.5 Å². The van der Waals surface area contributed by atoms with Crippen molar-refractivity contribution in [3.63, 3.8) is 0 Å². The fourth-order valence-corrected chi connectivity index (χ4v) is 3.79. The number of ether oxygens (including phenoxy) is 1. The van der Waals surface area contributed by atoms with E-state index in [0.29, 0.717) is 26.3 Å². The van der Waals surface area contributed by atoms with Gasteiger partial charge in [-0.1, -0.05) is 6.07 Å². The van der Waals surface area contributed by atoms with Gasteiger partial charge in [-0.05, 0) is 49.6 Å². The molecule has 1 aromatic carbocycles. The number of esters is 1. The number of anilines is 1. The summed E-state index contributed by atoms with van der Waals surface area (Å²) in [5.41, 5.74) is 3.03. The lowest BCUT2D eigenvalue weighted by Crippen LogP contribution is -2.28. The lowest BCUT2D eigenvalue weighted by molar-refractivity contribution is -0.116. The molecule has 0 fully saturated rings. The zero-order valence-corrected chi connectivity index (χ0v) is 16.3. The maximum atomic E-state index is 12.8. The molecule has 0 aliphatic carbocycles. The number of nitrogens with one attached hydrogen (secondary N) is 1. The van der Waals surface area contributed by atoms with Gasteiger partial charge >= 0.3 is 5.97 Å². The Morgan fingerprint density at radius 2 is 1.96 bits per heavy atom. The van der Waals surface area contributed by atoms with Crippen molar-refractivity contribution >= 4 is 39.1 Å². The molecule has 0 radical (unpaired) electrons. The first-order valence-corrected chi connectivity index (χ1v) is 9.07. The van der Waals surface area contributed by atoms with Gasteiger partial charge in [0.05, 0.1) is 18.8 Å². The molecule has 2 heterocycles. The zero-order valence-electron chi connectivity index (χ0n) is 15.5. The van der Waals surface area contributed by atoms with Crippen molar-refractivity contribution in [1.29, 1.82) is 0 Å². The van der Waals surface area contributed by atoms with Crippen LogP contribution >= 0.6 is 11.3 Å². The Kier molecular flexibility index (Phi) is 5.09. The van der Waals surface area contributed by atoms with Crippen molar-refractivity contribution in [2.75, 3.05) is 12.4 Å². The topological polar surface area (TPSA) is 90.3 Å². The number of benzene rings is 1. The summed E-state index contributed by atoms with van der Waals surface area (Å²) in [5.74, 6) is -0.837. The molecule has 0 spiro atoms. The smallest absolute Gasteiger partial charge is 0.348 e. The Labute approximate surface area is 159 Å². The number of fused-ring (bicyclic) bond motifs is 1. The molecule has 3 rings (SSSR count). The highest BCUT2D eigenvalue weighted by molar-refractivity contribution is 7.20. The lowest BCUT2D eigenvalue weighted by Gasteiger charge is -2.09. The maximum absolute atomic E-state index is 12.8. The van der Waals surface area contributed by atoms with E-state index >= 15 is 0 Å². The number of hydrogen-bond donors (Lipinski definition) is 1. The van der Waals surface area contributed by atoms with Crippen LogP contribution in [-0.2, 0) is 16.1 Å². The number of aromatic nitrogens is 2. The summed E-state index contributed by atoms with van der Waals surface area (Å²) in [6.07, 6.45) is 1.32. The average molecular weight is 385 g/mol. The molecule has 0 saturated heterocycles. The fraction of sp³-hybridized carbons (Fsp3) is 0.263. The minimum Gasteiger partial charge on any atom is -0.465 e. The van der Waals surface area contributed by atoms with Gasteiger partial charge in [-0.15, -0.1) is 11.3 Å². The van der Waals surface area contributed by atoms with Gasteiger partial charge in [0.15, 0.2) is 0 Å². The molecule has 0 aliphatic rings. The van der Waals surface area contributed by atoms with E-state index in [1.54, 1.807) is 6.92 Å². The van der Waals surface area contributed by atoms with Crippen LogP contribution in [0.2, 0.25) is 0 Å². The Morgan fingerprint density at radius 1 is 1.22 bits per heavy atom. The zero-order chi connectivity index (χ0) is 19.7. The number of methoxy groups -OCH3 is 1. The summed E-state index contributed by atoms with van der Waals surface area (Å²) in [6, 6.07) is 5.62. The van der Waals surface area contributed by atoms with Crippen molar-refractivity contribution in [3.8, 4) is 0 Å². The van der Waals surface area contributed by atoms with Crippen LogP contribution < -0.4 is 10.9 Å². The predicted molar refractivity (Wildman–Crippen MR) is 105 cm³/mol. The number of carbonyl (C=O) groups is 2. The molecule has 0 saturated carbocycles. The van der Waals surface area contributed by atoms with E-state index in [1.807, 2.05) is 32.0 Å². The summed E-state index contributed by atoms with van der Waals surface area (Å²) >= 11 is 1.10. The highest BCUT2D eigenvalue weighted by Gasteiger charge is 2.20. The normalized spacial score (nSPS) is 10.8. The third-order valence-corrected chi connectivity index (χ3v) is 5.57. The molecule has 1 amide bonds. The van der Waals surface area contributed by atoms with Gasteiger partial charge < -0.3 is 10.1 Å². The molecule has 0 bridgehead atoms. The SMILES string of the molecule is COC(=O)c1sc2ncn(CC(=O)Nc3ccc(C)c(C)c3)c(=O)c2c1C. The number of carbonyl (C=O) groups excluding carboxylic acids is 2. The van der Waals surface area contributed by atoms with E-state index in [9.17, 15) is 14.4 Å². The number of hydrogen-bond acceptors (Lipinski definition) is 6. The summed E-state index contributed by atoms with van der Waals surface area (Å²) in [7, 11) is 1.29. The largest absolute Gasteiger partial charge is 0.465 e. The Balaban J connectivity index is 1.88. The number of amides is 1. The Bertz CT molecular complexity index is 1110. The first-order valence-electron chi connectivity index (χ1n) is 8.25. The van der Waals surface area contributed by atoms with E-state index in [2.05, 4.69) is 10.3 Å². The molecule has 2 aromatic heterocycles. The van der Waals surface area contributed by atoms with Crippen molar-refractivity contribution in [1.82, 2.24) is 9.55 Å². The molecule has 0 unspecified atom stereocenters. The molecule has 1 N–H and O–H groups in total. The number of rotatable bonds is 4. The van der Waals surface area contributed by atoms with Crippen LogP contribution in [0.4, 0.5) is 5.69 Å². The quantitative estimate of drug-likeness (QED) is 0.698. The molecule has 27 heavy (non-hydrogen) atoms. The van der Waals surface area contributed by atoms with Gasteiger partial charge in [0.25, 0.3) is 5.56 Å². The third kappa shape index (κ3) is 3.61. The van der Waals surface area contributed by atoms with Gasteiger partial charge in [0.1, 0.15) is 16.3 Å². The molecule has 8 heteroatoms. The maximum Gasteiger partial charge on any atom is 0.348 e. The van der Waals surface area contributed by atoms with Gasteiger partial charge in [-0.2, -0.15) is 0 Å². The molecular formula is C19H19N3O4S. The average Bonchev–Trinajstić information content (AvgIpc) is 2.97. The standard InChI is InChI=1S/C19H19N3O4S/c1-10-5-6-13(7-11(10)2)21-14(23)8-22-9-20-17-15(18(22)24)12(3)16(27-17)19(25)26-4/h5-7,9H,8H2,1-4H3,(H,21,23). The van der Waals surface area contributed by atoms with Crippen LogP contribution in [0.3, 0.4) is 0 Å². The second-order valence-corrected chi connectivity index (χ2v) is 7.25. The minimum atomic E-state index is -0.506. The molecule has 0 atom stereocenters. The third-order valence-electron chi connectivity index (χ3n) is 4.39. The van der Waals surface area contributed by atoms with Gasteiger partial charge in [0.2, 0.25) is 5.91 Å².